The molecule has 0 aliphatic carbocycles. The molecule has 0 heterocycles. The number of benzene rings is 3. The van der Waals surface area contributed by atoms with E-state index in [1.807, 2.05) is 30.3 Å². The van der Waals surface area contributed by atoms with Gasteiger partial charge in [0, 0.05) is 0 Å². The van der Waals surface area contributed by atoms with Crippen molar-refractivity contribution in [2.45, 2.75) is 11.3 Å². The minimum atomic E-state index is -3.35. The van der Waals surface area contributed by atoms with Crippen LogP contribution in [0.1, 0.15) is 16.8 Å². The van der Waals surface area contributed by atoms with E-state index in [9.17, 15) is 13.2 Å². The van der Waals surface area contributed by atoms with E-state index in [2.05, 4.69) is 0 Å². The van der Waals surface area contributed by atoms with Gasteiger partial charge < -0.3 is 4.74 Å². The summed E-state index contributed by atoms with van der Waals surface area (Å²) in [5.41, 5.74) is 0.490. The van der Waals surface area contributed by atoms with Crippen LogP contribution >= 0.6 is 0 Å². The quantitative estimate of drug-likeness (QED) is 0.498. The van der Waals surface area contributed by atoms with E-state index in [4.69, 9.17) is 4.74 Å². The van der Waals surface area contributed by atoms with Crippen LogP contribution in [0.15, 0.2) is 77.7 Å². The topological polar surface area (TPSA) is 60.4 Å². The van der Waals surface area contributed by atoms with Crippen LogP contribution in [0.3, 0.4) is 0 Å². The van der Waals surface area contributed by atoms with Crippen LogP contribution in [0.4, 0.5) is 0 Å². The lowest BCUT2D eigenvalue weighted by molar-refractivity contribution is 0.0508. The molecule has 0 radical (unpaired) electrons. The summed E-state index contributed by atoms with van der Waals surface area (Å²) >= 11 is 0. The van der Waals surface area contributed by atoms with Gasteiger partial charge in [-0.2, -0.15) is 0 Å². The zero-order chi connectivity index (χ0) is 17.7. The Morgan fingerprint density at radius 2 is 1.52 bits per heavy atom. The first-order chi connectivity index (χ1) is 12.1. The van der Waals surface area contributed by atoms with Crippen LogP contribution in [-0.2, 0) is 14.6 Å². The second-order valence-electron chi connectivity index (χ2n) is 5.65. The molecule has 0 atom stereocenters. The Morgan fingerprint density at radius 1 is 0.840 bits per heavy atom. The van der Waals surface area contributed by atoms with Crippen LogP contribution in [0.5, 0.6) is 0 Å². The molecule has 0 bridgehead atoms. The summed E-state index contributed by atoms with van der Waals surface area (Å²) in [4.78, 5) is 12.6. The van der Waals surface area contributed by atoms with Gasteiger partial charge in [-0.3, -0.25) is 0 Å². The summed E-state index contributed by atoms with van der Waals surface area (Å²) < 4.78 is 29.6. The molecule has 3 aromatic rings. The van der Waals surface area contributed by atoms with Gasteiger partial charge in [0.2, 0.25) is 0 Å². The third-order valence-electron chi connectivity index (χ3n) is 3.90. The van der Waals surface area contributed by atoms with E-state index in [1.165, 1.54) is 0 Å². The molecule has 0 N–H and O–H groups in total. The van der Waals surface area contributed by atoms with Gasteiger partial charge in [-0.05, 0) is 35.4 Å². The van der Waals surface area contributed by atoms with Crippen molar-refractivity contribution in [1.29, 1.82) is 0 Å². The average Bonchev–Trinajstić information content (AvgIpc) is 2.65. The SMILES string of the molecule is O=C(OCCCS(=O)(=O)c1ccccc1)c1cccc2ccccc12. The molecular formula is C20H18O4S. The highest BCUT2D eigenvalue weighted by Crippen LogP contribution is 2.19. The number of ether oxygens (including phenoxy) is 1. The zero-order valence-corrected chi connectivity index (χ0v) is 14.4. The number of esters is 1. The Balaban J connectivity index is 1.60. The van der Waals surface area contributed by atoms with Crippen LogP contribution < -0.4 is 0 Å². The molecule has 0 saturated carbocycles. The molecule has 0 fully saturated rings. The number of sulfone groups is 1. The average molecular weight is 354 g/mol. The summed E-state index contributed by atoms with van der Waals surface area (Å²) in [6, 6.07) is 21.3. The fourth-order valence-electron chi connectivity index (χ4n) is 2.64. The predicted molar refractivity (Wildman–Crippen MR) is 97.3 cm³/mol. The van der Waals surface area contributed by atoms with Gasteiger partial charge >= 0.3 is 5.97 Å². The number of carbonyl (C=O) groups is 1. The molecule has 128 valence electrons. The molecular weight excluding hydrogens is 336 g/mol. The van der Waals surface area contributed by atoms with Crippen molar-refractivity contribution in [2.24, 2.45) is 0 Å². The molecule has 4 nitrogen and oxygen atoms in total. The maximum absolute atomic E-state index is 12.3. The van der Waals surface area contributed by atoms with E-state index < -0.39 is 15.8 Å². The second kappa shape index (κ2) is 7.49. The minimum absolute atomic E-state index is 0.0557. The van der Waals surface area contributed by atoms with Crippen molar-refractivity contribution in [1.82, 2.24) is 0 Å². The molecule has 0 unspecified atom stereocenters. The number of carbonyl (C=O) groups excluding carboxylic acids is 1. The smallest absolute Gasteiger partial charge is 0.338 e. The summed E-state index contributed by atoms with van der Waals surface area (Å²) in [6.07, 6.45) is 0.258. The third kappa shape index (κ3) is 4.06. The fraction of sp³-hybridized carbons (Fsp3) is 0.150. The van der Waals surface area contributed by atoms with Gasteiger partial charge in [-0.25, -0.2) is 13.2 Å². The van der Waals surface area contributed by atoms with E-state index >= 15 is 0 Å². The van der Waals surface area contributed by atoms with Gasteiger partial charge in [0.15, 0.2) is 9.84 Å². The lowest BCUT2D eigenvalue weighted by Crippen LogP contribution is -2.12. The van der Waals surface area contributed by atoms with E-state index in [-0.39, 0.29) is 23.7 Å². The van der Waals surface area contributed by atoms with Crippen molar-refractivity contribution in [2.75, 3.05) is 12.4 Å². The van der Waals surface area contributed by atoms with E-state index in [0.717, 1.165) is 10.8 Å². The highest BCUT2D eigenvalue weighted by atomic mass is 32.2. The molecule has 0 aliphatic rings. The first-order valence-corrected chi connectivity index (χ1v) is 9.66. The standard InChI is InChI=1S/C20H18O4S/c21-20(19-13-6-9-16-8-4-5-12-18(16)19)24-14-7-15-25(22,23)17-10-2-1-3-11-17/h1-6,8-13H,7,14-15H2. The predicted octanol–water partition coefficient (Wildman–Crippen LogP) is 3.86. The monoisotopic (exact) mass is 354 g/mol. The van der Waals surface area contributed by atoms with Gasteiger partial charge in [-0.15, -0.1) is 0 Å². The first-order valence-electron chi connectivity index (χ1n) is 8.01. The minimum Gasteiger partial charge on any atom is -0.462 e. The summed E-state index contributed by atoms with van der Waals surface area (Å²) in [5.74, 6) is -0.492. The molecule has 3 rings (SSSR count). The number of hydrogen-bond acceptors (Lipinski definition) is 4. The Kier molecular flexibility index (Phi) is 5.14. The molecule has 0 aliphatic heterocycles. The van der Waals surface area contributed by atoms with Crippen LogP contribution in [0.2, 0.25) is 0 Å². The number of fused-ring (bicyclic) bond motifs is 1. The molecule has 5 heteroatoms. The Hall–Kier alpha value is -2.66. The summed E-state index contributed by atoms with van der Waals surface area (Å²) in [5, 5.41) is 1.79. The van der Waals surface area contributed by atoms with Crippen molar-refractivity contribution in [3.05, 3.63) is 78.4 Å². The number of hydrogen-bond donors (Lipinski definition) is 0. The molecule has 0 amide bonds. The van der Waals surface area contributed by atoms with Crippen molar-refractivity contribution < 1.29 is 17.9 Å². The van der Waals surface area contributed by atoms with Gasteiger partial charge in [0.05, 0.1) is 22.8 Å². The van der Waals surface area contributed by atoms with Crippen LogP contribution in [0, 0.1) is 0 Å². The second-order valence-corrected chi connectivity index (χ2v) is 7.76. The largest absolute Gasteiger partial charge is 0.462 e. The summed E-state index contributed by atoms with van der Waals surface area (Å²) in [7, 11) is -3.35. The van der Waals surface area contributed by atoms with Gasteiger partial charge in [-0.1, -0.05) is 54.6 Å². The third-order valence-corrected chi connectivity index (χ3v) is 5.72. The Labute approximate surface area is 147 Å². The maximum Gasteiger partial charge on any atom is 0.338 e. The molecule has 0 aromatic heterocycles. The molecule has 0 saturated heterocycles. The Bertz CT molecular complexity index is 974. The zero-order valence-electron chi connectivity index (χ0n) is 13.6. The lowest BCUT2D eigenvalue weighted by atomic mass is 10.1. The summed E-state index contributed by atoms with van der Waals surface area (Å²) in [6.45, 7) is 0.0636. The molecule has 0 spiro atoms. The van der Waals surface area contributed by atoms with Crippen molar-refractivity contribution >= 4 is 26.6 Å². The molecule has 3 aromatic carbocycles. The maximum atomic E-state index is 12.3. The number of rotatable bonds is 6. The van der Waals surface area contributed by atoms with Crippen molar-refractivity contribution in [3.63, 3.8) is 0 Å². The van der Waals surface area contributed by atoms with Gasteiger partial charge in [0.25, 0.3) is 0 Å². The van der Waals surface area contributed by atoms with Crippen LogP contribution in [-0.4, -0.2) is 26.7 Å². The fourth-order valence-corrected chi connectivity index (χ4v) is 3.95. The van der Waals surface area contributed by atoms with Crippen LogP contribution in [0.25, 0.3) is 10.8 Å². The first kappa shape index (κ1) is 17.2. The van der Waals surface area contributed by atoms with E-state index in [1.54, 1.807) is 42.5 Å². The van der Waals surface area contributed by atoms with E-state index in [0.29, 0.717) is 5.56 Å². The van der Waals surface area contributed by atoms with Gasteiger partial charge in [0.1, 0.15) is 0 Å². The molecule has 25 heavy (non-hydrogen) atoms. The highest BCUT2D eigenvalue weighted by Gasteiger charge is 2.15. The lowest BCUT2D eigenvalue weighted by Gasteiger charge is -2.08. The Morgan fingerprint density at radius 3 is 2.32 bits per heavy atom. The normalized spacial score (nSPS) is 11.4. The van der Waals surface area contributed by atoms with Crippen molar-refractivity contribution in [3.8, 4) is 0 Å². The highest BCUT2D eigenvalue weighted by molar-refractivity contribution is 7.91.